The van der Waals surface area contributed by atoms with Crippen molar-refractivity contribution in [2.75, 3.05) is 12.4 Å². The first-order valence-electron chi connectivity index (χ1n) is 6.15. The molecule has 0 aliphatic carbocycles. The molecule has 0 aliphatic heterocycles. The van der Waals surface area contributed by atoms with Gasteiger partial charge in [0, 0.05) is 11.4 Å². The fourth-order valence-electron chi connectivity index (χ4n) is 1.86. The smallest absolute Gasteiger partial charge is 0.184 e. The molecule has 2 aromatic heterocycles. The van der Waals surface area contributed by atoms with E-state index < -0.39 is 0 Å². The third kappa shape index (κ3) is 2.77. The van der Waals surface area contributed by atoms with Crippen molar-refractivity contribution in [3.8, 4) is 5.75 Å². The van der Waals surface area contributed by atoms with Crippen molar-refractivity contribution < 1.29 is 9.84 Å². The molecule has 20 heavy (non-hydrogen) atoms. The fraction of sp³-hybridized carbons (Fsp3) is 0.214. The number of aliphatic hydroxyl groups excluding tert-OH is 1. The van der Waals surface area contributed by atoms with E-state index in [9.17, 15) is 0 Å². The molecule has 4 nitrogen and oxygen atoms in total. The molecule has 2 N–H and O–H groups in total. The van der Waals surface area contributed by atoms with Gasteiger partial charge < -0.3 is 15.2 Å². The molecule has 0 saturated heterocycles. The van der Waals surface area contributed by atoms with Crippen LogP contribution < -0.4 is 10.1 Å². The van der Waals surface area contributed by atoms with Gasteiger partial charge in [-0.25, -0.2) is 4.98 Å². The maximum Gasteiger partial charge on any atom is 0.184 e. The van der Waals surface area contributed by atoms with E-state index in [0.717, 1.165) is 31.8 Å². The number of anilines is 1. The van der Waals surface area contributed by atoms with Gasteiger partial charge in [-0.2, -0.15) is 0 Å². The third-order valence-corrected chi connectivity index (χ3v) is 5.00. The van der Waals surface area contributed by atoms with Crippen molar-refractivity contribution in [2.24, 2.45) is 0 Å². The van der Waals surface area contributed by atoms with E-state index >= 15 is 0 Å². The van der Waals surface area contributed by atoms with Crippen LogP contribution >= 0.6 is 22.7 Å². The number of thiazole rings is 1. The first-order chi connectivity index (χ1) is 9.78. The minimum atomic E-state index is 0.0857. The molecule has 0 aliphatic rings. The quantitative estimate of drug-likeness (QED) is 0.758. The average molecular weight is 306 g/mol. The highest BCUT2D eigenvalue weighted by Gasteiger charge is 2.07. The SMILES string of the molecule is COc1ccc(CNc2nc3sc(CO)cc3s2)cc1. The van der Waals surface area contributed by atoms with E-state index in [1.807, 2.05) is 30.3 Å². The highest BCUT2D eigenvalue weighted by atomic mass is 32.1. The summed E-state index contributed by atoms with van der Waals surface area (Å²) in [4.78, 5) is 6.46. The number of benzene rings is 1. The lowest BCUT2D eigenvalue weighted by Crippen LogP contribution is -1.98. The van der Waals surface area contributed by atoms with Crippen LogP contribution in [0, 0.1) is 0 Å². The zero-order valence-corrected chi connectivity index (χ0v) is 12.6. The van der Waals surface area contributed by atoms with Gasteiger partial charge in [0.1, 0.15) is 10.6 Å². The number of ether oxygens (including phenoxy) is 1. The maximum atomic E-state index is 9.08. The second-order valence-electron chi connectivity index (χ2n) is 4.26. The Labute approximate surface area is 124 Å². The second-order valence-corrected chi connectivity index (χ2v) is 6.41. The lowest BCUT2D eigenvalue weighted by atomic mass is 10.2. The number of rotatable bonds is 5. The maximum absolute atomic E-state index is 9.08. The average Bonchev–Trinajstić information content (AvgIpc) is 3.03. The van der Waals surface area contributed by atoms with Crippen molar-refractivity contribution in [1.82, 2.24) is 4.98 Å². The van der Waals surface area contributed by atoms with Gasteiger partial charge in [0.05, 0.1) is 18.4 Å². The van der Waals surface area contributed by atoms with Crippen LogP contribution in [-0.4, -0.2) is 17.2 Å². The Morgan fingerprint density at radius 3 is 2.70 bits per heavy atom. The highest BCUT2D eigenvalue weighted by Crippen LogP contribution is 2.33. The topological polar surface area (TPSA) is 54.4 Å². The van der Waals surface area contributed by atoms with Crippen molar-refractivity contribution in [3.05, 3.63) is 40.8 Å². The van der Waals surface area contributed by atoms with Crippen molar-refractivity contribution in [2.45, 2.75) is 13.2 Å². The molecule has 104 valence electrons. The fourth-order valence-corrected chi connectivity index (χ4v) is 3.85. The molecule has 0 radical (unpaired) electrons. The molecule has 0 amide bonds. The van der Waals surface area contributed by atoms with Crippen molar-refractivity contribution in [1.29, 1.82) is 0 Å². The Hall–Kier alpha value is -1.63. The Morgan fingerprint density at radius 2 is 2.05 bits per heavy atom. The summed E-state index contributed by atoms with van der Waals surface area (Å²) in [6, 6.07) is 9.96. The summed E-state index contributed by atoms with van der Waals surface area (Å²) >= 11 is 3.15. The van der Waals surface area contributed by atoms with Crippen LogP contribution in [0.3, 0.4) is 0 Å². The zero-order valence-electron chi connectivity index (χ0n) is 10.9. The standard InChI is InChI=1S/C14H14N2O2S2/c1-18-10-4-2-9(3-5-10)7-15-14-16-13-12(20-14)6-11(8-17)19-13/h2-6,17H,7-8H2,1H3,(H,15,16). The van der Waals surface area contributed by atoms with E-state index in [0.29, 0.717) is 0 Å². The summed E-state index contributed by atoms with van der Waals surface area (Å²) in [5.41, 5.74) is 1.18. The molecule has 3 rings (SSSR count). The van der Waals surface area contributed by atoms with E-state index in [-0.39, 0.29) is 6.61 Å². The van der Waals surface area contributed by atoms with Gasteiger partial charge in [0.25, 0.3) is 0 Å². The van der Waals surface area contributed by atoms with Gasteiger partial charge in [-0.05, 0) is 23.8 Å². The van der Waals surface area contributed by atoms with E-state index in [1.54, 1.807) is 18.4 Å². The lowest BCUT2D eigenvalue weighted by molar-refractivity contribution is 0.285. The predicted molar refractivity (Wildman–Crippen MR) is 83.7 cm³/mol. The molecule has 2 heterocycles. The number of aromatic nitrogens is 1. The Balaban J connectivity index is 1.67. The minimum absolute atomic E-state index is 0.0857. The molecule has 6 heteroatoms. The summed E-state index contributed by atoms with van der Waals surface area (Å²) in [6.07, 6.45) is 0. The Kier molecular flexibility index (Phi) is 3.86. The van der Waals surface area contributed by atoms with Crippen molar-refractivity contribution in [3.63, 3.8) is 0 Å². The lowest BCUT2D eigenvalue weighted by Gasteiger charge is -2.04. The molecule has 0 fully saturated rings. The molecule has 0 bridgehead atoms. The largest absolute Gasteiger partial charge is 0.497 e. The molecule has 0 atom stereocenters. The van der Waals surface area contributed by atoms with Gasteiger partial charge in [-0.3, -0.25) is 0 Å². The Morgan fingerprint density at radius 1 is 1.25 bits per heavy atom. The highest BCUT2D eigenvalue weighted by molar-refractivity contribution is 7.29. The number of hydrogen-bond acceptors (Lipinski definition) is 6. The number of methoxy groups -OCH3 is 1. The van der Waals surface area contributed by atoms with Crippen molar-refractivity contribution >= 4 is 37.3 Å². The summed E-state index contributed by atoms with van der Waals surface area (Å²) < 4.78 is 6.26. The van der Waals surface area contributed by atoms with E-state index in [4.69, 9.17) is 9.84 Å². The van der Waals surface area contributed by atoms with Crippen LogP contribution in [0.25, 0.3) is 9.53 Å². The molecule has 0 spiro atoms. The number of thiophene rings is 1. The first kappa shape index (κ1) is 13.4. The van der Waals surface area contributed by atoms with Crippen LogP contribution in [0.4, 0.5) is 5.13 Å². The van der Waals surface area contributed by atoms with E-state index in [2.05, 4.69) is 10.3 Å². The number of nitrogens with zero attached hydrogens (tertiary/aromatic N) is 1. The van der Waals surface area contributed by atoms with Gasteiger partial charge in [-0.15, -0.1) is 11.3 Å². The molecule has 0 unspecified atom stereocenters. The third-order valence-electron chi connectivity index (χ3n) is 2.90. The normalized spacial score (nSPS) is 10.9. The van der Waals surface area contributed by atoms with Crippen LogP contribution in [0.2, 0.25) is 0 Å². The molecular weight excluding hydrogens is 292 g/mol. The molecule has 1 aromatic carbocycles. The van der Waals surface area contributed by atoms with Crippen LogP contribution in [-0.2, 0) is 13.2 Å². The first-order valence-corrected chi connectivity index (χ1v) is 7.78. The van der Waals surface area contributed by atoms with Crippen LogP contribution in [0.15, 0.2) is 30.3 Å². The molecular formula is C14H14N2O2S2. The monoisotopic (exact) mass is 306 g/mol. The zero-order chi connectivity index (χ0) is 13.9. The Bertz CT molecular complexity index is 672. The number of hydrogen-bond donors (Lipinski definition) is 2. The van der Waals surface area contributed by atoms with Gasteiger partial charge >= 0.3 is 0 Å². The van der Waals surface area contributed by atoms with Crippen LogP contribution in [0.5, 0.6) is 5.75 Å². The van der Waals surface area contributed by atoms with Crippen LogP contribution in [0.1, 0.15) is 10.4 Å². The summed E-state index contributed by atoms with van der Waals surface area (Å²) in [5, 5.41) is 13.3. The number of aliphatic hydroxyl groups is 1. The van der Waals surface area contributed by atoms with E-state index in [1.165, 1.54) is 16.9 Å². The minimum Gasteiger partial charge on any atom is -0.497 e. The second kappa shape index (κ2) is 5.78. The number of fused-ring (bicyclic) bond motifs is 1. The molecule has 0 saturated carbocycles. The summed E-state index contributed by atoms with van der Waals surface area (Å²) in [5.74, 6) is 0.861. The molecule has 3 aromatic rings. The summed E-state index contributed by atoms with van der Waals surface area (Å²) in [6.45, 7) is 0.819. The number of nitrogens with one attached hydrogen (secondary N) is 1. The predicted octanol–water partition coefficient (Wildman–Crippen LogP) is 3.47. The van der Waals surface area contributed by atoms with Gasteiger partial charge in [-0.1, -0.05) is 23.5 Å². The summed E-state index contributed by atoms with van der Waals surface area (Å²) in [7, 11) is 1.66. The van der Waals surface area contributed by atoms with Gasteiger partial charge in [0.2, 0.25) is 0 Å². The van der Waals surface area contributed by atoms with Gasteiger partial charge in [0.15, 0.2) is 5.13 Å².